The molecule has 2 aromatic carbocycles. The van der Waals surface area contributed by atoms with Gasteiger partial charge >= 0.3 is 0 Å². The highest BCUT2D eigenvalue weighted by Gasteiger charge is 2.20. The molecule has 0 spiro atoms. The van der Waals surface area contributed by atoms with Gasteiger partial charge in [-0.25, -0.2) is 8.42 Å². The molecule has 26 heavy (non-hydrogen) atoms. The highest BCUT2D eigenvalue weighted by Crippen LogP contribution is 2.21. The van der Waals surface area contributed by atoms with Crippen LogP contribution in [0, 0.1) is 13.8 Å². The molecule has 2 aromatic rings. The van der Waals surface area contributed by atoms with Crippen LogP contribution >= 0.6 is 0 Å². The largest absolute Gasteiger partial charge is 0.497 e. The van der Waals surface area contributed by atoms with Crippen molar-refractivity contribution in [2.24, 2.45) is 0 Å². The highest BCUT2D eigenvalue weighted by atomic mass is 32.2. The summed E-state index contributed by atoms with van der Waals surface area (Å²) in [5, 5.41) is 0. The summed E-state index contributed by atoms with van der Waals surface area (Å²) in [5.74, 6) is 0.497. The fraction of sp³-hybridized carbons (Fsp3) is 0.278. The minimum absolute atomic E-state index is 0.00157. The summed E-state index contributed by atoms with van der Waals surface area (Å²) in [6.07, 6.45) is -0.880. The zero-order valence-corrected chi connectivity index (χ0v) is 15.9. The summed E-state index contributed by atoms with van der Waals surface area (Å²) in [6.45, 7) is 5.37. The molecular formula is C18H22N2O5S. The third-order valence-corrected chi connectivity index (χ3v) is 5.17. The standard InChI is InChI=1S/C18H22N2O5S/c1-12-6-5-7-17(13(12)2)25-14(3)18(21)19-20-26(22,23)16-10-8-15(24-4)9-11-16/h5-11,14,20H,1-4H3,(H,19,21)/t14-/m1/s1. The molecule has 0 radical (unpaired) electrons. The number of nitrogens with one attached hydrogen (secondary N) is 2. The van der Waals surface area contributed by atoms with Crippen molar-refractivity contribution in [1.29, 1.82) is 0 Å². The van der Waals surface area contributed by atoms with E-state index < -0.39 is 22.0 Å². The van der Waals surface area contributed by atoms with Gasteiger partial charge in [-0.05, 0) is 62.2 Å². The number of hydrogen-bond acceptors (Lipinski definition) is 5. The molecule has 140 valence electrons. The molecule has 2 rings (SSSR count). The number of hydrogen-bond donors (Lipinski definition) is 2. The highest BCUT2D eigenvalue weighted by molar-refractivity contribution is 7.89. The zero-order chi connectivity index (χ0) is 19.3. The van der Waals surface area contributed by atoms with E-state index in [2.05, 4.69) is 10.3 Å². The Hall–Kier alpha value is -2.58. The maximum Gasteiger partial charge on any atom is 0.275 e. The molecule has 0 heterocycles. The van der Waals surface area contributed by atoms with Gasteiger partial charge < -0.3 is 9.47 Å². The molecule has 0 aliphatic heterocycles. The molecule has 8 heteroatoms. The van der Waals surface area contributed by atoms with Crippen LogP contribution in [-0.4, -0.2) is 27.5 Å². The van der Waals surface area contributed by atoms with Gasteiger partial charge in [-0.1, -0.05) is 12.1 Å². The lowest BCUT2D eigenvalue weighted by Crippen LogP contribution is -2.47. The van der Waals surface area contributed by atoms with Crippen molar-refractivity contribution in [3.63, 3.8) is 0 Å². The van der Waals surface area contributed by atoms with Crippen molar-refractivity contribution in [3.8, 4) is 11.5 Å². The van der Waals surface area contributed by atoms with Crippen molar-refractivity contribution in [1.82, 2.24) is 10.3 Å². The second-order valence-corrected chi connectivity index (χ2v) is 7.41. The predicted octanol–water partition coefficient (Wildman–Crippen LogP) is 2.09. The maximum absolute atomic E-state index is 12.2. The Balaban J connectivity index is 1.99. The van der Waals surface area contributed by atoms with E-state index in [4.69, 9.17) is 9.47 Å². The van der Waals surface area contributed by atoms with Crippen LogP contribution in [0.25, 0.3) is 0 Å². The normalized spacial score (nSPS) is 12.3. The van der Waals surface area contributed by atoms with E-state index in [1.165, 1.54) is 31.4 Å². The van der Waals surface area contributed by atoms with Crippen molar-refractivity contribution in [2.75, 3.05) is 7.11 Å². The van der Waals surface area contributed by atoms with Crippen LogP contribution in [0.15, 0.2) is 47.4 Å². The minimum atomic E-state index is -3.89. The smallest absolute Gasteiger partial charge is 0.275 e. The number of ether oxygens (including phenoxy) is 2. The van der Waals surface area contributed by atoms with E-state index in [1.54, 1.807) is 13.0 Å². The number of carbonyl (C=O) groups is 1. The second kappa shape index (κ2) is 8.20. The van der Waals surface area contributed by atoms with Gasteiger partial charge in [0.25, 0.3) is 15.9 Å². The average Bonchev–Trinajstić information content (AvgIpc) is 2.63. The summed E-state index contributed by atoms with van der Waals surface area (Å²) in [6, 6.07) is 11.3. The van der Waals surface area contributed by atoms with Gasteiger partial charge in [0.1, 0.15) is 11.5 Å². The average molecular weight is 378 g/mol. The molecular weight excluding hydrogens is 356 g/mol. The fourth-order valence-corrected chi connectivity index (χ4v) is 2.98. The summed E-state index contributed by atoms with van der Waals surface area (Å²) in [7, 11) is -2.41. The lowest BCUT2D eigenvalue weighted by atomic mass is 10.1. The van der Waals surface area contributed by atoms with Crippen LogP contribution in [-0.2, 0) is 14.8 Å². The third-order valence-electron chi connectivity index (χ3n) is 3.91. The van der Waals surface area contributed by atoms with Crippen LogP contribution in [0.3, 0.4) is 0 Å². The zero-order valence-electron chi connectivity index (χ0n) is 15.1. The van der Waals surface area contributed by atoms with Gasteiger partial charge in [-0.3, -0.25) is 10.2 Å². The molecule has 2 N–H and O–H groups in total. The number of benzene rings is 2. The Morgan fingerprint density at radius 3 is 2.35 bits per heavy atom. The van der Waals surface area contributed by atoms with Crippen LogP contribution in [0.2, 0.25) is 0 Å². The molecule has 0 aliphatic rings. The Kier molecular flexibility index (Phi) is 6.23. The van der Waals surface area contributed by atoms with Gasteiger partial charge in [0.15, 0.2) is 6.10 Å². The maximum atomic E-state index is 12.2. The van der Waals surface area contributed by atoms with E-state index in [9.17, 15) is 13.2 Å². The number of carbonyl (C=O) groups excluding carboxylic acids is 1. The molecule has 0 bridgehead atoms. The number of rotatable bonds is 7. The SMILES string of the molecule is COc1ccc(S(=O)(=O)NNC(=O)[C@@H](C)Oc2cccc(C)c2C)cc1. The van der Waals surface area contributed by atoms with Gasteiger partial charge in [-0.15, -0.1) is 4.83 Å². The predicted molar refractivity (Wildman–Crippen MR) is 97.5 cm³/mol. The van der Waals surface area contributed by atoms with E-state index >= 15 is 0 Å². The summed E-state index contributed by atoms with van der Waals surface area (Å²) < 4.78 is 35.0. The van der Waals surface area contributed by atoms with E-state index in [0.29, 0.717) is 11.5 Å². The number of hydrazine groups is 1. The Morgan fingerprint density at radius 2 is 1.73 bits per heavy atom. The van der Waals surface area contributed by atoms with E-state index in [0.717, 1.165) is 11.1 Å². The lowest BCUT2D eigenvalue weighted by molar-refractivity contribution is -0.127. The number of sulfonamides is 1. The number of amides is 1. The van der Waals surface area contributed by atoms with Crippen molar-refractivity contribution < 1.29 is 22.7 Å². The molecule has 1 amide bonds. The Labute approximate surface area is 153 Å². The van der Waals surface area contributed by atoms with Gasteiger partial charge in [0, 0.05) is 0 Å². The van der Waals surface area contributed by atoms with Gasteiger partial charge in [0.2, 0.25) is 0 Å². The topological polar surface area (TPSA) is 93.7 Å². The molecule has 7 nitrogen and oxygen atoms in total. The van der Waals surface area contributed by atoms with Crippen LogP contribution < -0.4 is 19.7 Å². The molecule has 0 unspecified atom stereocenters. The van der Waals surface area contributed by atoms with Crippen molar-refractivity contribution in [3.05, 3.63) is 53.6 Å². The van der Waals surface area contributed by atoms with Crippen LogP contribution in [0.5, 0.6) is 11.5 Å². The molecule has 0 saturated heterocycles. The van der Waals surface area contributed by atoms with Gasteiger partial charge in [-0.2, -0.15) is 0 Å². The van der Waals surface area contributed by atoms with Crippen molar-refractivity contribution >= 4 is 15.9 Å². The first-order valence-electron chi connectivity index (χ1n) is 7.93. The fourth-order valence-electron chi connectivity index (χ4n) is 2.13. The quantitative estimate of drug-likeness (QED) is 0.720. The van der Waals surface area contributed by atoms with E-state index in [1.807, 2.05) is 26.0 Å². The summed E-state index contributed by atoms with van der Waals surface area (Å²) >= 11 is 0. The first-order chi connectivity index (χ1) is 12.2. The molecule has 0 aliphatic carbocycles. The third kappa shape index (κ3) is 4.74. The Bertz CT molecular complexity index is 879. The first kappa shape index (κ1) is 19.7. The van der Waals surface area contributed by atoms with E-state index in [-0.39, 0.29) is 4.90 Å². The summed E-state index contributed by atoms with van der Waals surface area (Å²) in [5.41, 5.74) is 4.13. The molecule has 1 atom stereocenters. The van der Waals surface area contributed by atoms with Crippen molar-refractivity contribution in [2.45, 2.75) is 31.8 Å². The van der Waals surface area contributed by atoms with Crippen LogP contribution in [0.1, 0.15) is 18.1 Å². The Morgan fingerprint density at radius 1 is 1.08 bits per heavy atom. The lowest BCUT2D eigenvalue weighted by Gasteiger charge is -2.17. The van der Waals surface area contributed by atoms with Gasteiger partial charge in [0.05, 0.1) is 12.0 Å². The molecule has 0 aromatic heterocycles. The number of methoxy groups -OCH3 is 1. The number of aryl methyl sites for hydroxylation is 1. The monoisotopic (exact) mass is 378 g/mol. The minimum Gasteiger partial charge on any atom is -0.497 e. The first-order valence-corrected chi connectivity index (χ1v) is 9.41. The molecule has 0 fully saturated rings. The summed E-state index contributed by atoms with van der Waals surface area (Å²) in [4.78, 5) is 14.2. The van der Waals surface area contributed by atoms with Crippen LogP contribution in [0.4, 0.5) is 0 Å². The second-order valence-electron chi connectivity index (χ2n) is 5.73. The molecule has 0 saturated carbocycles.